The van der Waals surface area contributed by atoms with Crippen LogP contribution in [0.1, 0.15) is 36.7 Å². The van der Waals surface area contributed by atoms with Crippen LogP contribution in [0.3, 0.4) is 0 Å². The van der Waals surface area contributed by atoms with Crippen LogP contribution in [0, 0.1) is 11.6 Å². The zero-order valence-corrected chi connectivity index (χ0v) is 11.9. The largest absolute Gasteiger partial charge is 0.332 e. The first-order chi connectivity index (χ1) is 10.6. The van der Waals surface area contributed by atoms with Crippen molar-refractivity contribution in [2.24, 2.45) is 0 Å². The Bertz CT molecular complexity index is 660. The molecule has 0 saturated carbocycles. The molecule has 1 fully saturated rings. The van der Waals surface area contributed by atoms with Crippen molar-refractivity contribution in [3.8, 4) is 0 Å². The fourth-order valence-electron chi connectivity index (χ4n) is 2.82. The summed E-state index contributed by atoms with van der Waals surface area (Å²) in [4.78, 5) is 18.3. The molecule has 0 bridgehead atoms. The Labute approximate surface area is 126 Å². The van der Waals surface area contributed by atoms with Crippen molar-refractivity contribution in [2.75, 3.05) is 6.54 Å². The highest BCUT2D eigenvalue weighted by molar-refractivity contribution is 5.79. The molecule has 3 rings (SSSR count). The van der Waals surface area contributed by atoms with Gasteiger partial charge in [-0.2, -0.15) is 5.10 Å². The summed E-state index contributed by atoms with van der Waals surface area (Å²) in [7, 11) is 0. The Balaban J connectivity index is 1.77. The van der Waals surface area contributed by atoms with Crippen molar-refractivity contribution in [2.45, 2.75) is 31.7 Å². The van der Waals surface area contributed by atoms with E-state index in [1.807, 2.05) is 0 Å². The highest BCUT2D eigenvalue weighted by atomic mass is 19.1. The number of amides is 1. The van der Waals surface area contributed by atoms with Gasteiger partial charge < -0.3 is 4.90 Å². The van der Waals surface area contributed by atoms with Gasteiger partial charge >= 0.3 is 0 Å². The van der Waals surface area contributed by atoms with Crippen LogP contribution in [-0.4, -0.2) is 32.5 Å². The van der Waals surface area contributed by atoms with Gasteiger partial charge in [-0.25, -0.2) is 13.8 Å². The van der Waals surface area contributed by atoms with E-state index in [0.717, 1.165) is 31.4 Å². The Morgan fingerprint density at radius 3 is 2.95 bits per heavy atom. The molecule has 1 aromatic heterocycles. The van der Waals surface area contributed by atoms with Crippen LogP contribution in [0.25, 0.3) is 0 Å². The highest BCUT2D eigenvalue weighted by Crippen LogP contribution is 2.29. The number of hydrogen-bond donors (Lipinski definition) is 1. The molecular formula is C15H16F2N4O. The van der Waals surface area contributed by atoms with E-state index in [1.165, 1.54) is 12.4 Å². The van der Waals surface area contributed by atoms with Gasteiger partial charge in [0.25, 0.3) is 0 Å². The van der Waals surface area contributed by atoms with Crippen LogP contribution in [-0.2, 0) is 11.2 Å². The predicted molar refractivity (Wildman–Crippen MR) is 74.7 cm³/mol. The first-order valence-corrected chi connectivity index (χ1v) is 7.24. The normalized spacial score (nSPS) is 18.5. The van der Waals surface area contributed by atoms with Gasteiger partial charge in [0.05, 0.1) is 12.5 Å². The lowest BCUT2D eigenvalue weighted by molar-refractivity contribution is -0.134. The van der Waals surface area contributed by atoms with Crippen LogP contribution >= 0.6 is 0 Å². The summed E-state index contributed by atoms with van der Waals surface area (Å²) in [5.41, 5.74) is 0.202. The molecule has 2 aromatic rings. The van der Waals surface area contributed by atoms with Crippen molar-refractivity contribution < 1.29 is 13.6 Å². The minimum absolute atomic E-state index is 0.0866. The molecular weight excluding hydrogens is 290 g/mol. The van der Waals surface area contributed by atoms with Crippen LogP contribution in [0.15, 0.2) is 24.5 Å². The van der Waals surface area contributed by atoms with E-state index in [9.17, 15) is 13.6 Å². The molecule has 116 valence electrons. The van der Waals surface area contributed by atoms with Crippen LogP contribution < -0.4 is 0 Å². The second kappa shape index (κ2) is 6.21. The zero-order chi connectivity index (χ0) is 15.5. The van der Waals surface area contributed by atoms with Gasteiger partial charge in [0.2, 0.25) is 5.91 Å². The molecule has 0 aliphatic carbocycles. The number of nitrogens with one attached hydrogen (secondary N) is 1. The lowest BCUT2D eigenvalue weighted by atomic mass is 10.00. The summed E-state index contributed by atoms with van der Waals surface area (Å²) in [5, 5.41) is 6.62. The van der Waals surface area contributed by atoms with Crippen LogP contribution in [0.5, 0.6) is 0 Å². The smallest absolute Gasteiger partial charge is 0.227 e. The number of likely N-dealkylation sites (tertiary alicyclic amines) is 1. The minimum atomic E-state index is -0.693. The third-order valence-corrected chi connectivity index (χ3v) is 3.93. The number of aromatic amines is 1. The molecule has 0 spiro atoms. The molecule has 1 saturated heterocycles. The fourth-order valence-corrected chi connectivity index (χ4v) is 2.82. The number of H-pyrrole nitrogens is 1. The van der Waals surface area contributed by atoms with Crippen LogP contribution in [0.4, 0.5) is 8.78 Å². The number of carbonyl (C=O) groups excluding carboxylic acids is 1. The lowest BCUT2D eigenvalue weighted by Crippen LogP contribution is -2.40. The van der Waals surface area contributed by atoms with Crippen molar-refractivity contribution in [1.29, 1.82) is 0 Å². The number of halogens is 2. The zero-order valence-electron chi connectivity index (χ0n) is 11.9. The molecule has 1 unspecified atom stereocenters. The topological polar surface area (TPSA) is 61.9 Å². The molecule has 5 nitrogen and oxygen atoms in total. The highest BCUT2D eigenvalue weighted by Gasteiger charge is 2.30. The van der Waals surface area contributed by atoms with Crippen molar-refractivity contribution in [3.05, 3.63) is 47.5 Å². The molecule has 0 radical (unpaired) electrons. The van der Waals surface area contributed by atoms with E-state index in [1.54, 1.807) is 4.90 Å². The summed E-state index contributed by atoms with van der Waals surface area (Å²) < 4.78 is 26.6. The summed E-state index contributed by atoms with van der Waals surface area (Å²) in [6.45, 7) is 0.604. The van der Waals surface area contributed by atoms with Gasteiger partial charge in [-0.3, -0.25) is 9.89 Å². The lowest BCUT2D eigenvalue weighted by Gasteiger charge is -2.34. The Morgan fingerprint density at radius 1 is 1.36 bits per heavy atom. The average Bonchev–Trinajstić information content (AvgIpc) is 3.04. The predicted octanol–water partition coefficient (Wildman–Crippen LogP) is 2.38. The molecule has 1 aliphatic heterocycles. The van der Waals surface area contributed by atoms with Gasteiger partial charge in [-0.05, 0) is 30.9 Å². The molecule has 1 aliphatic rings. The molecule has 2 heterocycles. The molecule has 1 atom stereocenters. The molecule has 7 heteroatoms. The number of benzene rings is 1. The standard InChI is InChI=1S/C15H16F2N4O/c16-11-5-4-10(12(17)8-11)7-14(22)21-6-2-1-3-13(21)15-18-9-19-20-15/h4-5,8-9,13H,1-3,6-7H2,(H,18,19,20). The third-order valence-electron chi connectivity index (χ3n) is 3.93. The molecule has 22 heavy (non-hydrogen) atoms. The van der Waals surface area contributed by atoms with E-state index < -0.39 is 11.6 Å². The SMILES string of the molecule is O=C(Cc1ccc(F)cc1F)N1CCCCC1c1ncn[nH]1. The maximum atomic E-state index is 13.7. The van der Waals surface area contributed by atoms with Crippen molar-refractivity contribution in [1.82, 2.24) is 20.1 Å². The van der Waals surface area contributed by atoms with Crippen molar-refractivity contribution in [3.63, 3.8) is 0 Å². The molecule has 1 amide bonds. The van der Waals surface area contributed by atoms with E-state index in [0.29, 0.717) is 12.4 Å². The Kier molecular flexibility index (Phi) is 4.13. The second-order valence-electron chi connectivity index (χ2n) is 5.38. The number of carbonyl (C=O) groups is 1. The van der Waals surface area contributed by atoms with Crippen LogP contribution in [0.2, 0.25) is 0 Å². The van der Waals surface area contributed by atoms with E-state index in [4.69, 9.17) is 0 Å². The Hall–Kier alpha value is -2.31. The first-order valence-electron chi connectivity index (χ1n) is 7.24. The number of hydrogen-bond acceptors (Lipinski definition) is 3. The second-order valence-corrected chi connectivity index (χ2v) is 5.38. The van der Waals surface area contributed by atoms with E-state index in [-0.39, 0.29) is 23.9 Å². The fraction of sp³-hybridized carbons (Fsp3) is 0.400. The number of nitrogens with zero attached hydrogens (tertiary/aromatic N) is 3. The summed E-state index contributed by atoms with van der Waals surface area (Å²) in [6, 6.07) is 3.12. The summed E-state index contributed by atoms with van der Waals surface area (Å²) in [5.74, 6) is -0.882. The van der Waals surface area contributed by atoms with Gasteiger partial charge in [-0.15, -0.1) is 0 Å². The molecule has 1 aromatic carbocycles. The first kappa shape index (κ1) is 14.6. The number of piperidine rings is 1. The van der Waals surface area contributed by atoms with Gasteiger partial charge in [-0.1, -0.05) is 6.07 Å². The average molecular weight is 306 g/mol. The van der Waals surface area contributed by atoms with Gasteiger partial charge in [0, 0.05) is 12.6 Å². The monoisotopic (exact) mass is 306 g/mol. The molecule has 1 N–H and O–H groups in total. The maximum absolute atomic E-state index is 13.7. The van der Waals surface area contributed by atoms with E-state index >= 15 is 0 Å². The van der Waals surface area contributed by atoms with Gasteiger partial charge in [0.15, 0.2) is 0 Å². The number of rotatable bonds is 3. The quantitative estimate of drug-likeness (QED) is 0.947. The maximum Gasteiger partial charge on any atom is 0.227 e. The number of aromatic nitrogens is 3. The summed E-state index contributed by atoms with van der Waals surface area (Å²) >= 11 is 0. The van der Waals surface area contributed by atoms with Gasteiger partial charge in [0.1, 0.15) is 23.8 Å². The minimum Gasteiger partial charge on any atom is -0.332 e. The third kappa shape index (κ3) is 2.98. The van der Waals surface area contributed by atoms with E-state index in [2.05, 4.69) is 15.2 Å². The Morgan fingerprint density at radius 2 is 2.23 bits per heavy atom. The summed E-state index contributed by atoms with van der Waals surface area (Å²) in [6.07, 6.45) is 4.03. The van der Waals surface area contributed by atoms with Crippen molar-refractivity contribution >= 4 is 5.91 Å².